The Labute approximate surface area is 133 Å². The Hall–Kier alpha value is -1.18. The number of carbonyl (C=O) groups is 1. The van der Waals surface area contributed by atoms with Crippen molar-refractivity contribution >= 4 is 50.1 Å². The van der Waals surface area contributed by atoms with Gasteiger partial charge in [-0.15, -0.1) is 16.8 Å². The highest BCUT2D eigenvalue weighted by Gasteiger charge is 2.09. The van der Waals surface area contributed by atoms with E-state index in [4.69, 9.17) is 0 Å². The minimum absolute atomic E-state index is 0.0938. The molecule has 0 atom stereocenters. The van der Waals surface area contributed by atoms with E-state index in [0.29, 0.717) is 11.6 Å². The maximum Gasteiger partial charge on any atom is 0.230 e. The Morgan fingerprint density at radius 2 is 2.15 bits per heavy atom. The smallest absolute Gasteiger partial charge is 0.230 e. The fraction of sp³-hybridized carbons (Fsp3) is 0.154. The van der Waals surface area contributed by atoms with Gasteiger partial charge >= 0.3 is 0 Å². The molecule has 7 heteroatoms. The lowest BCUT2D eigenvalue weighted by Gasteiger charge is -2.01. The Bertz CT molecular complexity index is 598. The number of aromatic nitrogens is 2. The minimum atomic E-state index is -0.0938. The SMILES string of the molecule is C=CCSc1nnc(NC(=O)Cc2ccc(Br)cc2)s1. The molecule has 1 heterocycles. The van der Waals surface area contributed by atoms with E-state index in [1.807, 2.05) is 24.3 Å². The van der Waals surface area contributed by atoms with Crippen LogP contribution in [0.4, 0.5) is 5.13 Å². The summed E-state index contributed by atoms with van der Waals surface area (Å²) in [6.07, 6.45) is 2.12. The molecule has 0 aliphatic carbocycles. The number of nitrogens with zero attached hydrogens (tertiary/aromatic N) is 2. The highest BCUT2D eigenvalue weighted by atomic mass is 79.9. The molecule has 4 nitrogen and oxygen atoms in total. The van der Waals surface area contributed by atoms with Crippen molar-refractivity contribution in [3.63, 3.8) is 0 Å². The van der Waals surface area contributed by atoms with E-state index in [9.17, 15) is 4.79 Å². The Morgan fingerprint density at radius 3 is 2.85 bits per heavy atom. The quantitative estimate of drug-likeness (QED) is 0.478. The third-order valence-electron chi connectivity index (χ3n) is 2.26. The number of rotatable bonds is 6. The van der Waals surface area contributed by atoms with Crippen molar-refractivity contribution in [1.29, 1.82) is 0 Å². The number of halogens is 1. The van der Waals surface area contributed by atoms with E-state index in [-0.39, 0.29) is 5.91 Å². The lowest BCUT2D eigenvalue weighted by molar-refractivity contribution is -0.115. The Balaban J connectivity index is 1.89. The first-order chi connectivity index (χ1) is 9.67. The summed E-state index contributed by atoms with van der Waals surface area (Å²) in [6.45, 7) is 3.65. The molecule has 1 N–H and O–H groups in total. The van der Waals surface area contributed by atoms with E-state index in [1.54, 1.807) is 17.8 Å². The van der Waals surface area contributed by atoms with Crippen LogP contribution < -0.4 is 5.32 Å². The molecule has 104 valence electrons. The van der Waals surface area contributed by atoms with Crippen molar-refractivity contribution in [3.8, 4) is 0 Å². The topological polar surface area (TPSA) is 54.9 Å². The number of carbonyl (C=O) groups excluding carboxylic acids is 1. The van der Waals surface area contributed by atoms with Gasteiger partial charge in [-0.3, -0.25) is 4.79 Å². The molecule has 0 aliphatic heterocycles. The number of benzene rings is 1. The van der Waals surface area contributed by atoms with Crippen LogP contribution in [0.25, 0.3) is 0 Å². The molecule has 0 aliphatic rings. The summed E-state index contributed by atoms with van der Waals surface area (Å²) in [5.41, 5.74) is 0.955. The van der Waals surface area contributed by atoms with E-state index in [2.05, 4.69) is 38.0 Å². The Kier molecular flexibility index (Phi) is 5.75. The summed E-state index contributed by atoms with van der Waals surface area (Å²) in [5, 5.41) is 11.2. The first kappa shape index (κ1) is 15.2. The van der Waals surface area contributed by atoms with Crippen LogP contribution in [0.2, 0.25) is 0 Å². The zero-order valence-electron chi connectivity index (χ0n) is 10.5. The fourth-order valence-corrected chi connectivity index (χ4v) is 3.19. The molecule has 0 spiro atoms. The molecule has 1 aromatic carbocycles. The third-order valence-corrected chi connectivity index (χ3v) is 4.75. The van der Waals surface area contributed by atoms with Gasteiger partial charge in [0.05, 0.1) is 6.42 Å². The van der Waals surface area contributed by atoms with Gasteiger partial charge in [0, 0.05) is 10.2 Å². The molecular formula is C13H12BrN3OS2. The first-order valence-electron chi connectivity index (χ1n) is 5.79. The van der Waals surface area contributed by atoms with Crippen molar-refractivity contribution in [3.05, 3.63) is 47.0 Å². The number of hydrogen-bond acceptors (Lipinski definition) is 5. The predicted molar refractivity (Wildman–Crippen MR) is 87.3 cm³/mol. The largest absolute Gasteiger partial charge is 0.300 e. The summed E-state index contributed by atoms with van der Waals surface area (Å²) in [5.74, 6) is 0.685. The van der Waals surface area contributed by atoms with Crippen molar-refractivity contribution in [2.75, 3.05) is 11.1 Å². The molecule has 0 saturated heterocycles. The summed E-state index contributed by atoms with van der Waals surface area (Å²) in [4.78, 5) is 11.9. The number of hydrogen-bond donors (Lipinski definition) is 1. The van der Waals surface area contributed by atoms with Crippen LogP contribution in [0.15, 0.2) is 45.7 Å². The van der Waals surface area contributed by atoms with Crippen LogP contribution in [-0.2, 0) is 11.2 Å². The molecule has 1 aromatic heterocycles. The minimum Gasteiger partial charge on any atom is -0.300 e. The molecular weight excluding hydrogens is 358 g/mol. The molecule has 2 aromatic rings. The lowest BCUT2D eigenvalue weighted by atomic mass is 10.1. The molecule has 0 fully saturated rings. The van der Waals surface area contributed by atoms with Crippen molar-refractivity contribution in [1.82, 2.24) is 10.2 Å². The van der Waals surface area contributed by atoms with Crippen molar-refractivity contribution in [2.45, 2.75) is 10.8 Å². The highest BCUT2D eigenvalue weighted by Crippen LogP contribution is 2.25. The highest BCUT2D eigenvalue weighted by molar-refractivity contribution is 9.10. The van der Waals surface area contributed by atoms with Crippen molar-refractivity contribution in [2.24, 2.45) is 0 Å². The number of amides is 1. The van der Waals surface area contributed by atoms with Crippen LogP contribution in [0.5, 0.6) is 0 Å². The third kappa shape index (κ3) is 4.73. The fourth-order valence-electron chi connectivity index (χ4n) is 1.40. The zero-order chi connectivity index (χ0) is 14.4. The number of anilines is 1. The molecule has 0 saturated carbocycles. The normalized spacial score (nSPS) is 10.2. The maximum atomic E-state index is 11.9. The van der Waals surface area contributed by atoms with E-state index < -0.39 is 0 Å². The lowest BCUT2D eigenvalue weighted by Crippen LogP contribution is -2.14. The summed E-state index contributed by atoms with van der Waals surface area (Å²) >= 11 is 6.27. The van der Waals surface area contributed by atoms with Crippen LogP contribution in [0.3, 0.4) is 0 Å². The second-order valence-electron chi connectivity index (χ2n) is 3.82. The van der Waals surface area contributed by atoms with Gasteiger partial charge in [0.15, 0.2) is 4.34 Å². The van der Waals surface area contributed by atoms with Gasteiger partial charge < -0.3 is 5.32 Å². The van der Waals surface area contributed by atoms with Crippen molar-refractivity contribution < 1.29 is 4.79 Å². The number of nitrogens with one attached hydrogen (secondary N) is 1. The van der Waals surface area contributed by atoms with Gasteiger partial charge in [-0.05, 0) is 17.7 Å². The molecule has 1 amide bonds. The summed E-state index contributed by atoms with van der Waals surface area (Å²) < 4.78 is 1.82. The predicted octanol–water partition coefficient (Wildman–Crippen LogP) is 3.76. The first-order valence-corrected chi connectivity index (χ1v) is 8.38. The number of thioether (sulfide) groups is 1. The molecule has 20 heavy (non-hydrogen) atoms. The van der Waals surface area contributed by atoms with E-state index in [0.717, 1.165) is 20.1 Å². The average molecular weight is 370 g/mol. The molecule has 0 radical (unpaired) electrons. The standard InChI is InChI=1S/C13H12BrN3OS2/c1-2-7-19-13-17-16-12(20-13)15-11(18)8-9-3-5-10(14)6-4-9/h2-6H,1,7-8H2,(H,15,16,18). The van der Waals surface area contributed by atoms with Gasteiger partial charge in [-0.2, -0.15) is 0 Å². The second-order valence-corrected chi connectivity index (χ2v) is 6.98. The van der Waals surface area contributed by atoms with Crippen LogP contribution >= 0.6 is 39.0 Å². The average Bonchev–Trinajstić information content (AvgIpc) is 2.86. The molecule has 0 unspecified atom stereocenters. The second kappa shape index (κ2) is 7.56. The maximum absolute atomic E-state index is 11.9. The van der Waals surface area contributed by atoms with Crippen LogP contribution in [0, 0.1) is 0 Å². The van der Waals surface area contributed by atoms with Gasteiger partial charge in [0.25, 0.3) is 0 Å². The van der Waals surface area contributed by atoms with Gasteiger partial charge in [0.1, 0.15) is 0 Å². The van der Waals surface area contributed by atoms with E-state index in [1.165, 1.54) is 11.3 Å². The zero-order valence-corrected chi connectivity index (χ0v) is 13.7. The monoisotopic (exact) mass is 369 g/mol. The van der Waals surface area contributed by atoms with Gasteiger partial charge in [-0.25, -0.2) is 0 Å². The van der Waals surface area contributed by atoms with Crippen LogP contribution in [0.1, 0.15) is 5.56 Å². The van der Waals surface area contributed by atoms with Crippen LogP contribution in [-0.4, -0.2) is 21.9 Å². The summed E-state index contributed by atoms with van der Waals surface area (Å²) in [7, 11) is 0. The molecule has 2 rings (SSSR count). The van der Waals surface area contributed by atoms with Gasteiger partial charge in [-0.1, -0.05) is 57.2 Å². The Morgan fingerprint density at radius 1 is 1.40 bits per heavy atom. The summed E-state index contributed by atoms with van der Waals surface area (Å²) in [6, 6.07) is 7.65. The van der Waals surface area contributed by atoms with E-state index >= 15 is 0 Å². The van der Waals surface area contributed by atoms with Gasteiger partial charge in [0.2, 0.25) is 11.0 Å². The molecule has 0 bridgehead atoms.